The van der Waals surface area contributed by atoms with Crippen molar-refractivity contribution in [2.75, 3.05) is 13.2 Å². The molecule has 1 amide bonds. The van der Waals surface area contributed by atoms with Crippen LogP contribution < -0.4 is 5.32 Å². The fourth-order valence-corrected chi connectivity index (χ4v) is 10.5. The number of nitrogens with one attached hydrogen (secondary N) is 1. The molecule has 0 aromatic rings. The summed E-state index contributed by atoms with van der Waals surface area (Å²) in [6.45, 7) is 3.89. The predicted molar refractivity (Wildman–Crippen MR) is 295 cm³/mol. The molecule has 0 saturated carbocycles. The number of ether oxygens (including phenoxy) is 2. The lowest BCUT2D eigenvalue weighted by Gasteiger charge is -2.40. The normalized spacial score (nSPS) is 19.2. The largest absolute Gasteiger partial charge is 0.394 e. The van der Waals surface area contributed by atoms with Gasteiger partial charge in [0.15, 0.2) is 6.29 Å². The van der Waals surface area contributed by atoms with Crippen molar-refractivity contribution in [2.24, 2.45) is 0 Å². The van der Waals surface area contributed by atoms with E-state index in [4.69, 9.17) is 9.47 Å². The average Bonchev–Trinajstić information content (AvgIpc) is 3.36. The van der Waals surface area contributed by atoms with E-state index >= 15 is 0 Å². The molecule has 0 radical (unpaired) electrons. The molecule has 0 spiro atoms. The lowest BCUT2D eigenvalue weighted by Crippen LogP contribution is -2.60. The van der Waals surface area contributed by atoms with Crippen LogP contribution in [0.3, 0.4) is 0 Å². The SMILES string of the molecule is CCCCCCCCCCCCCCCCCCCCCCCCCCCCCCCC(=O)NC(COC1OC(CO)C(O)C(O)C1O)C(O)CCCCCCCCCCCCCCCCCCCC. The van der Waals surface area contributed by atoms with E-state index < -0.39 is 49.5 Å². The van der Waals surface area contributed by atoms with Crippen LogP contribution >= 0.6 is 0 Å². The fraction of sp³-hybridized carbons (Fsp3) is 0.984. The highest BCUT2D eigenvalue weighted by Gasteiger charge is 2.44. The molecule has 7 unspecified atom stereocenters. The lowest BCUT2D eigenvalue weighted by molar-refractivity contribution is -0.302. The molecule has 1 aliphatic heterocycles. The molecule has 1 rings (SSSR count). The fourth-order valence-electron chi connectivity index (χ4n) is 10.5. The Labute approximate surface area is 434 Å². The Morgan fingerprint density at radius 2 is 0.714 bits per heavy atom. The second-order valence-electron chi connectivity index (χ2n) is 22.2. The van der Waals surface area contributed by atoms with Gasteiger partial charge in [0.1, 0.15) is 24.4 Å². The second kappa shape index (κ2) is 51.7. The van der Waals surface area contributed by atoms with Crippen LogP contribution in [0.15, 0.2) is 0 Å². The number of amides is 1. The average molecular weight is 997 g/mol. The molecule has 6 N–H and O–H groups in total. The molecule has 9 heteroatoms. The van der Waals surface area contributed by atoms with Crippen LogP contribution in [0.4, 0.5) is 0 Å². The zero-order valence-corrected chi connectivity index (χ0v) is 46.6. The molecule has 0 aromatic carbocycles. The Morgan fingerprint density at radius 3 is 1.01 bits per heavy atom. The van der Waals surface area contributed by atoms with Crippen molar-refractivity contribution in [3.05, 3.63) is 0 Å². The minimum Gasteiger partial charge on any atom is -0.394 e. The van der Waals surface area contributed by atoms with Gasteiger partial charge < -0.3 is 40.3 Å². The number of aliphatic hydroxyl groups excluding tert-OH is 5. The quantitative estimate of drug-likeness (QED) is 0.0330. The molecule has 9 nitrogen and oxygen atoms in total. The summed E-state index contributed by atoms with van der Waals surface area (Å²) in [5.41, 5.74) is 0. The summed E-state index contributed by atoms with van der Waals surface area (Å²) in [6, 6.07) is -0.714. The van der Waals surface area contributed by atoms with Crippen molar-refractivity contribution in [3.63, 3.8) is 0 Å². The molecule has 0 bridgehead atoms. The highest BCUT2D eigenvalue weighted by Crippen LogP contribution is 2.24. The van der Waals surface area contributed by atoms with E-state index in [9.17, 15) is 30.3 Å². The maximum absolute atomic E-state index is 13.1. The molecule has 1 fully saturated rings. The van der Waals surface area contributed by atoms with Crippen molar-refractivity contribution in [3.8, 4) is 0 Å². The first kappa shape index (κ1) is 67.2. The van der Waals surface area contributed by atoms with Gasteiger partial charge in [-0.3, -0.25) is 4.79 Å². The number of aliphatic hydroxyl groups is 5. The van der Waals surface area contributed by atoms with Crippen molar-refractivity contribution in [2.45, 2.75) is 371 Å². The third-order valence-electron chi connectivity index (χ3n) is 15.5. The van der Waals surface area contributed by atoms with Gasteiger partial charge >= 0.3 is 0 Å². The van der Waals surface area contributed by atoms with Gasteiger partial charge in [-0.05, 0) is 12.8 Å². The summed E-state index contributed by atoms with van der Waals surface area (Å²) >= 11 is 0. The Morgan fingerprint density at radius 1 is 0.429 bits per heavy atom. The van der Waals surface area contributed by atoms with Gasteiger partial charge in [-0.15, -0.1) is 0 Å². The van der Waals surface area contributed by atoms with E-state index in [2.05, 4.69) is 19.2 Å². The third-order valence-corrected chi connectivity index (χ3v) is 15.5. The van der Waals surface area contributed by atoms with Gasteiger partial charge in [-0.2, -0.15) is 0 Å². The summed E-state index contributed by atoms with van der Waals surface area (Å²) in [4.78, 5) is 13.1. The van der Waals surface area contributed by atoms with E-state index in [0.29, 0.717) is 12.8 Å². The van der Waals surface area contributed by atoms with Crippen LogP contribution in [0.5, 0.6) is 0 Å². The van der Waals surface area contributed by atoms with Gasteiger partial charge in [0.2, 0.25) is 5.91 Å². The van der Waals surface area contributed by atoms with Gasteiger partial charge in [0.05, 0.1) is 25.4 Å². The molecule has 1 aliphatic rings. The van der Waals surface area contributed by atoms with Crippen molar-refractivity contribution >= 4 is 5.91 Å². The molecule has 7 atom stereocenters. The molecule has 418 valence electrons. The van der Waals surface area contributed by atoms with Crippen molar-refractivity contribution in [1.82, 2.24) is 5.32 Å². The van der Waals surface area contributed by atoms with Crippen molar-refractivity contribution < 1.29 is 39.8 Å². The smallest absolute Gasteiger partial charge is 0.220 e. The summed E-state index contributed by atoms with van der Waals surface area (Å²) < 4.78 is 11.3. The van der Waals surface area contributed by atoms with E-state index in [1.54, 1.807) is 0 Å². The topological polar surface area (TPSA) is 149 Å². The standard InChI is InChI=1S/C61H121NO8/c1-3-5-7-9-11-13-15-17-19-21-23-24-25-26-27-28-29-30-31-32-33-35-37-39-41-43-45-47-49-51-57(65)62-54(53-69-61-60(68)59(67)58(66)56(52-63)70-61)55(64)50-48-46-44-42-40-38-36-34-22-20-18-16-14-12-10-8-6-4-2/h54-56,58-61,63-64,66-68H,3-53H2,1-2H3,(H,62,65). The van der Waals surface area contributed by atoms with Gasteiger partial charge in [0.25, 0.3) is 0 Å². The van der Waals surface area contributed by atoms with Crippen molar-refractivity contribution in [1.29, 1.82) is 0 Å². The maximum atomic E-state index is 13.1. The molecule has 70 heavy (non-hydrogen) atoms. The van der Waals surface area contributed by atoms with Gasteiger partial charge in [0, 0.05) is 6.42 Å². The highest BCUT2D eigenvalue weighted by atomic mass is 16.7. The summed E-state index contributed by atoms with van der Waals surface area (Å²) in [5, 5.41) is 54.7. The summed E-state index contributed by atoms with van der Waals surface area (Å²) in [5.74, 6) is -0.135. The molecular formula is C61H121NO8. The third kappa shape index (κ3) is 40.6. The van der Waals surface area contributed by atoms with Crippen LogP contribution in [-0.2, 0) is 14.3 Å². The number of rotatable bonds is 55. The number of unbranched alkanes of at least 4 members (excludes halogenated alkanes) is 45. The first-order valence-electron chi connectivity index (χ1n) is 31.2. The summed E-state index contributed by atoms with van der Waals surface area (Å²) in [6.07, 6.45) is 55.8. The van der Waals surface area contributed by atoms with E-state index in [0.717, 1.165) is 38.5 Å². The highest BCUT2D eigenvalue weighted by molar-refractivity contribution is 5.76. The number of hydrogen-bond acceptors (Lipinski definition) is 8. The monoisotopic (exact) mass is 996 g/mol. The Bertz CT molecular complexity index is 1060. The second-order valence-corrected chi connectivity index (χ2v) is 22.2. The minimum atomic E-state index is -1.55. The lowest BCUT2D eigenvalue weighted by atomic mass is 9.99. The van der Waals surface area contributed by atoms with Crippen LogP contribution in [0.2, 0.25) is 0 Å². The zero-order chi connectivity index (χ0) is 50.8. The maximum Gasteiger partial charge on any atom is 0.220 e. The predicted octanol–water partition coefficient (Wildman–Crippen LogP) is 15.8. The summed E-state index contributed by atoms with van der Waals surface area (Å²) in [7, 11) is 0. The van der Waals surface area contributed by atoms with Gasteiger partial charge in [-0.1, -0.05) is 309 Å². The Hall–Kier alpha value is -0.810. The minimum absolute atomic E-state index is 0.131. The molecular weight excluding hydrogens is 875 g/mol. The van der Waals surface area contributed by atoms with Crippen LogP contribution in [-0.4, -0.2) is 87.5 Å². The Kier molecular flexibility index (Phi) is 49.6. The first-order valence-corrected chi connectivity index (χ1v) is 31.2. The van der Waals surface area contributed by atoms with Crippen LogP contribution in [0, 0.1) is 0 Å². The molecule has 1 saturated heterocycles. The van der Waals surface area contributed by atoms with Crippen LogP contribution in [0.25, 0.3) is 0 Å². The van der Waals surface area contributed by atoms with E-state index in [-0.39, 0.29) is 12.5 Å². The van der Waals surface area contributed by atoms with E-state index in [1.807, 2.05) is 0 Å². The zero-order valence-electron chi connectivity index (χ0n) is 46.6. The van der Waals surface area contributed by atoms with Gasteiger partial charge in [-0.25, -0.2) is 0 Å². The molecule has 0 aromatic heterocycles. The molecule has 0 aliphatic carbocycles. The van der Waals surface area contributed by atoms with E-state index in [1.165, 1.54) is 263 Å². The Balaban J connectivity index is 2.12. The number of carbonyl (C=O) groups is 1. The first-order chi connectivity index (χ1) is 34.3. The number of hydrogen-bond donors (Lipinski definition) is 6. The number of carbonyl (C=O) groups excluding carboxylic acids is 1. The van der Waals surface area contributed by atoms with Crippen LogP contribution in [0.1, 0.15) is 328 Å². The molecule has 1 heterocycles.